The number of rotatable bonds is 7. The number of carbonyl (C=O) groups is 1. The number of para-hydroxylation sites is 2. The van der Waals surface area contributed by atoms with Gasteiger partial charge >= 0.3 is 5.97 Å². The number of carboxylic acids is 1. The number of hydrogen-bond acceptors (Lipinski definition) is 5. The molecule has 0 amide bonds. The minimum Gasteiger partial charge on any atom is -0.480 e. The normalized spacial score (nSPS) is 11.1. The summed E-state index contributed by atoms with van der Waals surface area (Å²) in [5.41, 5.74) is 1.33. The van der Waals surface area contributed by atoms with Crippen LogP contribution in [0.2, 0.25) is 0 Å². The van der Waals surface area contributed by atoms with E-state index >= 15 is 0 Å². The first-order chi connectivity index (χ1) is 10.1. The van der Waals surface area contributed by atoms with Gasteiger partial charge in [0, 0.05) is 20.2 Å². The molecule has 2 aromatic rings. The van der Waals surface area contributed by atoms with E-state index in [9.17, 15) is 9.59 Å². The molecule has 0 aliphatic heterocycles. The zero-order valence-electron chi connectivity index (χ0n) is 11.7. The van der Waals surface area contributed by atoms with Crippen LogP contribution in [0, 0.1) is 0 Å². The van der Waals surface area contributed by atoms with Crippen molar-refractivity contribution in [1.29, 1.82) is 0 Å². The maximum absolute atomic E-state index is 12.0. The second kappa shape index (κ2) is 6.96. The van der Waals surface area contributed by atoms with E-state index in [1.165, 1.54) is 0 Å². The van der Waals surface area contributed by atoms with Crippen LogP contribution in [0.5, 0.6) is 0 Å². The molecule has 0 bridgehead atoms. The minimum atomic E-state index is -0.955. The first kappa shape index (κ1) is 15.1. The van der Waals surface area contributed by atoms with Gasteiger partial charge in [-0.15, -0.1) is 0 Å². The Bertz CT molecular complexity index is 683. The average molecular weight is 291 g/mol. The second-order valence-corrected chi connectivity index (χ2v) is 4.63. The minimum absolute atomic E-state index is 0.163. The topological polar surface area (TPSA) is 95.5 Å². The third kappa shape index (κ3) is 4.11. The van der Waals surface area contributed by atoms with Crippen LogP contribution in [0.3, 0.4) is 0 Å². The lowest BCUT2D eigenvalue weighted by Crippen LogP contribution is -2.34. The highest BCUT2D eigenvalue weighted by Gasteiger charge is 2.13. The Kier molecular flexibility index (Phi) is 5.02. The van der Waals surface area contributed by atoms with Gasteiger partial charge in [-0.25, -0.2) is 4.98 Å². The largest absolute Gasteiger partial charge is 0.480 e. The summed E-state index contributed by atoms with van der Waals surface area (Å²) in [5, 5.41) is 8.91. The number of fused-ring (bicyclic) bond motifs is 1. The maximum atomic E-state index is 12.0. The van der Waals surface area contributed by atoms with Crippen LogP contribution in [0.4, 0.5) is 0 Å². The second-order valence-electron chi connectivity index (χ2n) is 4.63. The molecule has 2 N–H and O–H groups in total. The van der Waals surface area contributed by atoms with Crippen molar-refractivity contribution in [2.45, 2.75) is 6.54 Å². The third-order valence-electron chi connectivity index (χ3n) is 3.01. The Labute approximate surface area is 121 Å². The summed E-state index contributed by atoms with van der Waals surface area (Å²) in [7, 11) is 1.54. The van der Waals surface area contributed by atoms with Gasteiger partial charge < -0.3 is 14.8 Å². The summed E-state index contributed by atoms with van der Waals surface area (Å²) < 4.78 is 4.95. The molecule has 0 fully saturated rings. The molecule has 7 heteroatoms. The van der Waals surface area contributed by atoms with E-state index in [4.69, 9.17) is 9.84 Å². The number of aliphatic carboxylic acids is 1. The van der Waals surface area contributed by atoms with E-state index in [0.717, 1.165) is 0 Å². The average Bonchev–Trinajstić information content (AvgIpc) is 2.45. The van der Waals surface area contributed by atoms with Crippen molar-refractivity contribution in [3.05, 3.63) is 40.3 Å². The number of carboxylic acid groups (broad SMARTS) is 1. The van der Waals surface area contributed by atoms with E-state index in [1.54, 1.807) is 24.1 Å². The van der Waals surface area contributed by atoms with Gasteiger partial charge in [0.15, 0.2) is 0 Å². The molecule has 112 valence electrons. The van der Waals surface area contributed by atoms with E-state index < -0.39 is 5.97 Å². The molecule has 0 unspecified atom stereocenters. The molecule has 0 saturated carbocycles. The summed E-state index contributed by atoms with van der Waals surface area (Å²) in [4.78, 5) is 31.5. The van der Waals surface area contributed by atoms with Crippen molar-refractivity contribution in [3.63, 3.8) is 0 Å². The number of nitrogens with zero attached hydrogens (tertiary/aromatic N) is 2. The number of nitrogens with one attached hydrogen (secondary N) is 1. The van der Waals surface area contributed by atoms with Gasteiger partial charge in [0.2, 0.25) is 0 Å². The van der Waals surface area contributed by atoms with Crippen LogP contribution in [0.1, 0.15) is 5.69 Å². The van der Waals surface area contributed by atoms with Crippen LogP contribution in [-0.2, 0) is 16.1 Å². The number of ether oxygens (including phenoxy) is 1. The smallest absolute Gasteiger partial charge is 0.317 e. The fourth-order valence-corrected chi connectivity index (χ4v) is 2.01. The van der Waals surface area contributed by atoms with Crippen molar-refractivity contribution in [1.82, 2.24) is 14.9 Å². The fraction of sp³-hybridized carbons (Fsp3) is 0.357. The van der Waals surface area contributed by atoms with Gasteiger partial charge in [-0.3, -0.25) is 14.5 Å². The zero-order chi connectivity index (χ0) is 15.2. The lowest BCUT2D eigenvalue weighted by atomic mass is 10.3. The molecule has 1 aromatic carbocycles. The Morgan fingerprint density at radius 1 is 1.43 bits per heavy atom. The highest BCUT2D eigenvalue weighted by atomic mass is 16.5. The lowest BCUT2D eigenvalue weighted by molar-refractivity contribution is -0.138. The molecule has 21 heavy (non-hydrogen) atoms. The van der Waals surface area contributed by atoms with Crippen LogP contribution in [0.15, 0.2) is 29.1 Å². The number of aromatic amines is 1. The van der Waals surface area contributed by atoms with Gasteiger partial charge in [0.05, 0.1) is 24.2 Å². The molecule has 0 spiro atoms. The van der Waals surface area contributed by atoms with E-state index in [2.05, 4.69) is 9.97 Å². The number of aromatic nitrogens is 2. The predicted octanol–water partition coefficient (Wildman–Crippen LogP) is 0.456. The monoisotopic (exact) mass is 291 g/mol. The predicted molar refractivity (Wildman–Crippen MR) is 77.2 cm³/mol. The SMILES string of the molecule is COCCN(CC(=O)O)Cc1nc2ccccc2[nH]c1=O. The first-order valence-corrected chi connectivity index (χ1v) is 6.51. The standard InChI is InChI=1S/C14H17N3O4/c1-21-7-6-17(9-13(18)19)8-12-14(20)16-11-5-3-2-4-10(11)15-12/h2-5H,6-9H2,1H3,(H,16,20)(H,18,19). The van der Waals surface area contributed by atoms with Gasteiger partial charge in [0.25, 0.3) is 5.56 Å². The molecule has 0 aliphatic rings. The van der Waals surface area contributed by atoms with Gasteiger partial charge in [-0.2, -0.15) is 0 Å². The highest BCUT2D eigenvalue weighted by molar-refractivity contribution is 5.73. The van der Waals surface area contributed by atoms with Crippen LogP contribution >= 0.6 is 0 Å². The number of benzene rings is 1. The highest BCUT2D eigenvalue weighted by Crippen LogP contribution is 2.07. The molecule has 1 aromatic heterocycles. The first-order valence-electron chi connectivity index (χ1n) is 6.51. The third-order valence-corrected chi connectivity index (χ3v) is 3.01. The molecule has 0 radical (unpaired) electrons. The van der Waals surface area contributed by atoms with Crippen molar-refractivity contribution in [2.24, 2.45) is 0 Å². The maximum Gasteiger partial charge on any atom is 0.317 e. The van der Waals surface area contributed by atoms with Gasteiger partial charge in [-0.05, 0) is 12.1 Å². The quantitative estimate of drug-likeness (QED) is 0.769. The van der Waals surface area contributed by atoms with E-state index in [0.29, 0.717) is 29.9 Å². The Morgan fingerprint density at radius 2 is 2.19 bits per heavy atom. The molecule has 7 nitrogen and oxygen atoms in total. The molecule has 0 aliphatic carbocycles. The Morgan fingerprint density at radius 3 is 2.90 bits per heavy atom. The van der Waals surface area contributed by atoms with E-state index in [-0.39, 0.29) is 18.6 Å². The zero-order valence-corrected chi connectivity index (χ0v) is 11.7. The summed E-state index contributed by atoms with van der Waals surface area (Å²) in [6, 6.07) is 7.21. The van der Waals surface area contributed by atoms with Crippen molar-refractivity contribution >= 4 is 17.0 Å². The van der Waals surface area contributed by atoms with Gasteiger partial charge in [0.1, 0.15) is 5.69 Å². The summed E-state index contributed by atoms with van der Waals surface area (Å²) in [6.07, 6.45) is 0. The van der Waals surface area contributed by atoms with Gasteiger partial charge in [-0.1, -0.05) is 12.1 Å². The van der Waals surface area contributed by atoms with Crippen LogP contribution in [-0.4, -0.2) is 52.7 Å². The fourth-order valence-electron chi connectivity index (χ4n) is 2.01. The van der Waals surface area contributed by atoms with Crippen LogP contribution in [0.25, 0.3) is 11.0 Å². The summed E-state index contributed by atoms with van der Waals surface area (Å²) in [6.45, 7) is 0.794. The summed E-state index contributed by atoms with van der Waals surface area (Å²) >= 11 is 0. The number of methoxy groups -OCH3 is 1. The molecule has 0 saturated heterocycles. The molecule has 1 heterocycles. The van der Waals surface area contributed by atoms with Crippen LogP contribution < -0.4 is 5.56 Å². The molecule has 2 rings (SSSR count). The Balaban J connectivity index is 2.24. The summed E-state index contributed by atoms with van der Waals surface area (Å²) in [5.74, 6) is -0.955. The molecular weight excluding hydrogens is 274 g/mol. The number of H-pyrrole nitrogens is 1. The lowest BCUT2D eigenvalue weighted by Gasteiger charge is -2.18. The van der Waals surface area contributed by atoms with E-state index in [1.807, 2.05) is 12.1 Å². The number of hydrogen-bond donors (Lipinski definition) is 2. The van der Waals surface area contributed by atoms with Crippen molar-refractivity contribution in [2.75, 3.05) is 26.8 Å². The Hall–Kier alpha value is -2.25. The van der Waals surface area contributed by atoms with Crippen molar-refractivity contribution in [3.8, 4) is 0 Å². The molecule has 0 atom stereocenters. The van der Waals surface area contributed by atoms with Crippen molar-refractivity contribution < 1.29 is 14.6 Å². The molecular formula is C14H17N3O4.